The van der Waals surface area contributed by atoms with E-state index in [9.17, 15) is 9.59 Å². The monoisotopic (exact) mass is 432 g/mol. The van der Waals surface area contributed by atoms with E-state index in [0.29, 0.717) is 13.1 Å². The molecule has 1 heterocycles. The molecule has 1 saturated carbocycles. The number of fused-ring (bicyclic) bond motifs is 1. The van der Waals surface area contributed by atoms with Gasteiger partial charge < -0.3 is 20.9 Å². The number of amides is 3. The van der Waals surface area contributed by atoms with Crippen molar-refractivity contribution in [3.63, 3.8) is 0 Å². The largest absolute Gasteiger partial charge is 0.361 e. The van der Waals surface area contributed by atoms with Crippen LogP contribution >= 0.6 is 0 Å². The number of carbonyl (C=O) groups is 2. The average Bonchev–Trinajstić information content (AvgIpc) is 3.25. The number of para-hydroxylation sites is 1. The Kier molecular flexibility index (Phi) is 7.43. The number of H-pyrrole nitrogens is 1. The van der Waals surface area contributed by atoms with E-state index in [1.54, 1.807) is 0 Å². The first-order valence-electron chi connectivity index (χ1n) is 11.6. The molecule has 3 amide bonds. The fraction of sp³-hybridized carbons (Fsp3) is 0.385. The van der Waals surface area contributed by atoms with E-state index in [2.05, 4.69) is 45.2 Å². The zero-order valence-corrected chi connectivity index (χ0v) is 18.4. The Morgan fingerprint density at radius 3 is 2.50 bits per heavy atom. The molecule has 0 saturated heterocycles. The summed E-state index contributed by atoms with van der Waals surface area (Å²) in [5.41, 5.74) is 3.41. The maximum absolute atomic E-state index is 12.5. The SMILES string of the molecule is O=C(CCNC(=O)NC1CCCCC1)NCC(c1ccccc1)c1c[nH]c2ccccc12. The van der Waals surface area contributed by atoms with Crippen molar-refractivity contribution in [1.82, 2.24) is 20.9 Å². The van der Waals surface area contributed by atoms with E-state index in [-0.39, 0.29) is 30.3 Å². The molecule has 6 heteroatoms. The first-order valence-corrected chi connectivity index (χ1v) is 11.6. The third-order valence-electron chi connectivity index (χ3n) is 6.28. The van der Waals surface area contributed by atoms with Crippen molar-refractivity contribution in [2.75, 3.05) is 13.1 Å². The predicted octanol–water partition coefficient (Wildman–Crippen LogP) is 4.44. The highest BCUT2D eigenvalue weighted by molar-refractivity contribution is 5.84. The minimum absolute atomic E-state index is 0.0406. The number of hydrogen-bond donors (Lipinski definition) is 4. The quantitative estimate of drug-likeness (QED) is 0.424. The Labute approximate surface area is 189 Å². The summed E-state index contributed by atoms with van der Waals surface area (Å²) in [6.07, 6.45) is 7.98. The van der Waals surface area contributed by atoms with Crippen molar-refractivity contribution in [1.29, 1.82) is 0 Å². The Hall–Kier alpha value is -3.28. The third-order valence-corrected chi connectivity index (χ3v) is 6.28. The number of urea groups is 1. The lowest BCUT2D eigenvalue weighted by molar-refractivity contribution is -0.120. The molecule has 4 rings (SSSR count). The lowest BCUT2D eigenvalue weighted by atomic mass is 9.91. The molecule has 168 valence electrons. The smallest absolute Gasteiger partial charge is 0.315 e. The fourth-order valence-corrected chi connectivity index (χ4v) is 4.55. The molecule has 0 bridgehead atoms. The van der Waals surface area contributed by atoms with Gasteiger partial charge in [-0.25, -0.2) is 4.79 Å². The van der Waals surface area contributed by atoms with Crippen LogP contribution in [0.25, 0.3) is 10.9 Å². The van der Waals surface area contributed by atoms with Crippen LogP contribution in [0.2, 0.25) is 0 Å². The Bertz CT molecular complexity index is 1020. The van der Waals surface area contributed by atoms with Crippen molar-refractivity contribution < 1.29 is 9.59 Å². The van der Waals surface area contributed by atoms with Crippen LogP contribution in [0.3, 0.4) is 0 Å². The number of hydrogen-bond acceptors (Lipinski definition) is 2. The summed E-state index contributed by atoms with van der Waals surface area (Å²) in [6, 6.07) is 18.5. The lowest BCUT2D eigenvalue weighted by Gasteiger charge is -2.22. The highest BCUT2D eigenvalue weighted by atomic mass is 16.2. The van der Waals surface area contributed by atoms with Gasteiger partial charge in [0.2, 0.25) is 5.91 Å². The van der Waals surface area contributed by atoms with Gasteiger partial charge in [0.15, 0.2) is 0 Å². The first-order chi connectivity index (χ1) is 15.7. The van der Waals surface area contributed by atoms with Gasteiger partial charge in [0, 0.05) is 48.6 Å². The average molecular weight is 433 g/mol. The van der Waals surface area contributed by atoms with Crippen molar-refractivity contribution in [2.45, 2.75) is 50.5 Å². The van der Waals surface area contributed by atoms with Crippen molar-refractivity contribution in [3.05, 3.63) is 71.9 Å². The topological polar surface area (TPSA) is 86.0 Å². The van der Waals surface area contributed by atoms with Crippen LogP contribution in [-0.4, -0.2) is 36.1 Å². The molecule has 6 nitrogen and oxygen atoms in total. The predicted molar refractivity (Wildman–Crippen MR) is 128 cm³/mol. The highest BCUT2D eigenvalue weighted by Gasteiger charge is 2.19. The number of benzene rings is 2. The van der Waals surface area contributed by atoms with Crippen LogP contribution in [0.5, 0.6) is 0 Å². The molecule has 0 aliphatic heterocycles. The van der Waals surface area contributed by atoms with Crippen LogP contribution in [0.1, 0.15) is 55.6 Å². The lowest BCUT2D eigenvalue weighted by Crippen LogP contribution is -2.44. The van der Waals surface area contributed by atoms with E-state index in [1.807, 2.05) is 36.5 Å². The highest BCUT2D eigenvalue weighted by Crippen LogP contribution is 2.30. The van der Waals surface area contributed by atoms with Crippen molar-refractivity contribution >= 4 is 22.8 Å². The molecule has 1 unspecified atom stereocenters. The molecule has 1 aliphatic carbocycles. The standard InChI is InChI=1S/C26H32N4O2/c31-25(15-16-27-26(32)30-20-11-5-2-6-12-20)29-17-22(19-9-3-1-4-10-19)23-18-28-24-14-8-7-13-21(23)24/h1,3-4,7-10,13-14,18,20,22,28H,2,5-6,11-12,15-17H2,(H,29,31)(H2,27,30,32). The number of aromatic nitrogens is 1. The van der Waals surface area contributed by atoms with Gasteiger partial charge in [-0.05, 0) is 30.0 Å². The van der Waals surface area contributed by atoms with Crippen LogP contribution < -0.4 is 16.0 Å². The summed E-state index contributed by atoms with van der Waals surface area (Å²) in [5.74, 6) is -0.0254. The second-order valence-electron chi connectivity index (χ2n) is 8.54. The zero-order valence-electron chi connectivity index (χ0n) is 18.4. The number of nitrogens with one attached hydrogen (secondary N) is 4. The molecule has 4 N–H and O–H groups in total. The second kappa shape index (κ2) is 10.8. The van der Waals surface area contributed by atoms with E-state index < -0.39 is 0 Å². The molecular formula is C26H32N4O2. The molecule has 32 heavy (non-hydrogen) atoms. The molecular weight excluding hydrogens is 400 g/mol. The van der Waals surface area contributed by atoms with Crippen LogP contribution in [0.15, 0.2) is 60.8 Å². The molecule has 1 fully saturated rings. The normalized spacial score (nSPS) is 15.2. The van der Waals surface area contributed by atoms with Crippen molar-refractivity contribution in [2.24, 2.45) is 0 Å². The van der Waals surface area contributed by atoms with Gasteiger partial charge in [0.25, 0.3) is 0 Å². The summed E-state index contributed by atoms with van der Waals surface area (Å²) in [7, 11) is 0. The van der Waals surface area contributed by atoms with E-state index in [0.717, 1.165) is 34.9 Å². The van der Waals surface area contributed by atoms with Crippen LogP contribution in [0.4, 0.5) is 4.79 Å². The molecule has 0 spiro atoms. The summed E-state index contributed by atoms with van der Waals surface area (Å²) >= 11 is 0. The Morgan fingerprint density at radius 2 is 1.69 bits per heavy atom. The summed E-state index contributed by atoms with van der Waals surface area (Å²) < 4.78 is 0. The van der Waals surface area contributed by atoms with Gasteiger partial charge in [0.1, 0.15) is 0 Å². The molecule has 0 radical (unpaired) electrons. The van der Waals surface area contributed by atoms with Crippen LogP contribution in [0, 0.1) is 0 Å². The summed E-state index contributed by atoms with van der Waals surface area (Å²) in [6.45, 7) is 0.826. The number of aromatic amines is 1. The summed E-state index contributed by atoms with van der Waals surface area (Å²) in [4.78, 5) is 27.9. The molecule has 3 aromatic rings. The van der Waals surface area contributed by atoms with Gasteiger partial charge in [-0.3, -0.25) is 4.79 Å². The van der Waals surface area contributed by atoms with Crippen LogP contribution in [-0.2, 0) is 4.79 Å². The van der Waals surface area contributed by atoms with E-state index in [4.69, 9.17) is 0 Å². The van der Waals surface area contributed by atoms with Gasteiger partial charge in [0.05, 0.1) is 0 Å². The maximum Gasteiger partial charge on any atom is 0.315 e. The van der Waals surface area contributed by atoms with Gasteiger partial charge in [-0.1, -0.05) is 67.8 Å². The fourth-order valence-electron chi connectivity index (χ4n) is 4.55. The van der Waals surface area contributed by atoms with Crippen molar-refractivity contribution in [3.8, 4) is 0 Å². The number of carbonyl (C=O) groups excluding carboxylic acids is 2. The minimum Gasteiger partial charge on any atom is -0.361 e. The second-order valence-corrected chi connectivity index (χ2v) is 8.54. The molecule has 1 aromatic heterocycles. The maximum atomic E-state index is 12.5. The third kappa shape index (κ3) is 5.69. The summed E-state index contributed by atoms with van der Waals surface area (Å²) in [5, 5.41) is 10.1. The van der Waals surface area contributed by atoms with Gasteiger partial charge in [-0.2, -0.15) is 0 Å². The first kappa shape index (κ1) is 21.9. The van der Waals surface area contributed by atoms with Gasteiger partial charge >= 0.3 is 6.03 Å². The molecule has 1 atom stereocenters. The Balaban J connectivity index is 1.31. The van der Waals surface area contributed by atoms with E-state index in [1.165, 1.54) is 19.3 Å². The zero-order chi connectivity index (χ0) is 22.2. The van der Waals surface area contributed by atoms with Gasteiger partial charge in [-0.15, -0.1) is 0 Å². The minimum atomic E-state index is -0.175. The molecule has 2 aromatic carbocycles. The molecule has 1 aliphatic rings. The van der Waals surface area contributed by atoms with E-state index >= 15 is 0 Å². The Morgan fingerprint density at radius 1 is 0.938 bits per heavy atom. The number of rotatable bonds is 8.